The van der Waals surface area contributed by atoms with Crippen molar-refractivity contribution < 1.29 is 13.9 Å². The third-order valence-electron chi connectivity index (χ3n) is 5.47. The summed E-state index contributed by atoms with van der Waals surface area (Å²) in [6, 6.07) is 15.2. The van der Waals surface area contributed by atoms with Crippen LogP contribution in [0.3, 0.4) is 0 Å². The number of fused-ring (bicyclic) bond motifs is 1. The summed E-state index contributed by atoms with van der Waals surface area (Å²) in [6.45, 7) is 2.81. The van der Waals surface area contributed by atoms with Crippen molar-refractivity contribution in [1.29, 1.82) is 0 Å². The van der Waals surface area contributed by atoms with Crippen molar-refractivity contribution in [3.05, 3.63) is 64.8 Å². The molecule has 1 fully saturated rings. The third-order valence-corrected chi connectivity index (χ3v) is 6.67. The molecule has 2 aromatic carbocycles. The third kappa shape index (κ3) is 4.43. The summed E-state index contributed by atoms with van der Waals surface area (Å²) < 4.78 is 21.2. The lowest BCUT2D eigenvalue weighted by atomic mass is 10.1. The Balaban J connectivity index is 1.55. The Morgan fingerprint density at radius 2 is 2.00 bits per heavy atom. The Bertz CT molecular complexity index is 1000. The van der Waals surface area contributed by atoms with Crippen LogP contribution >= 0.6 is 11.3 Å². The fourth-order valence-corrected chi connectivity index (χ4v) is 4.61. The van der Waals surface area contributed by atoms with Gasteiger partial charge in [-0.1, -0.05) is 24.3 Å². The van der Waals surface area contributed by atoms with Gasteiger partial charge in [-0.05, 0) is 51.1 Å². The molecule has 0 bridgehead atoms. The molecule has 0 aliphatic heterocycles. The molecule has 1 aliphatic rings. The zero-order valence-electron chi connectivity index (χ0n) is 16.7. The highest BCUT2D eigenvalue weighted by atomic mass is 32.1. The number of amides is 1. The van der Waals surface area contributed by atoms with Gasteiger partial charge >= 0.3 is 0 Å². The number of likely N-dealkylation sites (N-methyl/N-ethyl adjacent to an activating group) is 1. The van der Waals surface area contributed by atoms with Crippen LogP contribution in [0, 0.1) is 5.82 Å². The Hall–Kier alpha value is -2.44. The van der Waals surface area contributed by atoms with Crippen LogP contribution in [0.25, 0.3) is 10.1 Å². The fourth-order valence-electron chi connectivity index (χ4n) is 3.47. The molecule has 0 spiro atoms. The molecule has 1 heterocycles. The highest BCUT2D eigenvalue weighted by Crippen LogP contribution is 2.34. The van der Waals surface area contributed by atoms with E-state index in [4.69, 9.17) is 4.74 Å². The van der Waals surface area contributed by atoms with Gasteiger partial charge in [0.25, 0.3) is 5.91 Å². The number of carbonyl (C=O) groups excluding carboxylic acids is 1. The first kappa shape index (κ1) is 19.9. The number of ether oxygens (including phenoxy) is 1. The molecule has 1 atom stereocenters. The van der Waals surface area contributed by atoms with Crippen molar-refractivity contribution in [1.82, 2.24) is 10.2 Å². The molecule has 4 rings (SSSR count). The molecule has 1 aliphatic carbocycles. The average molecular weight is 413 g/mol. The lowest BCUT2D eigenvalue weighted by Crippen LogP contribution is -2.41. The van der Waals surface area contributed by atoms with Gasteiger partial charge in [0.15, 0.2) is 0 Å². The smallest absolute Gasteiger partial charge is 0.261 e. The molecular formula is C23H25FN2O2S. The highest BCUT2D eigenvalue weighted by molar-refractivity contribution is 7.21. The molecule has 1 unspecified atom stereocenters. The molecule has 0 saturated heterocycles. The number of nitrogens with zero attached hydrogens (tertiary/aromatic N) is 1. The average Bonchev–Trinajstić information content (AvgIpc) is 3.51. The van der Waals surface area contributed by atoms with E-state index < -0.39 is 0 Å². The lowest BCUT2D eigenvalue weighted by molar-refractivity contribution is 0.0941. The van der Waals surface area contributed by atoms with E-state index in [1.807, 2.05) is 36.4 Å². The number of hydrogen-bond donors (Lipinski definition) is 1. The first-order valence-corrected chi connectivity index (χ1v) is 10.7. The van der Waals surface area contributed by atoms with Crippen LogP contribution in [0.1, 0.15) is 35.0 Å². The van der Waals surface area contributed by atoms with Gasteiger partial charge in [0.05, 0.1) is 4.88 Å². The number of nitrogens with one attached hydrogen (secondary N) is 1. The van der Waals surface area contributed by atoms with Crippen LogP contribution in [0.4, 0.5) is 4.39 Å². The van der Waals surface area contributed by atoms with Crippen molar-refractivity contribution >= 4 is 27.3 Å². The van der Waals surface area contributed by atoms with Crippen molar-refractivity contribution in [2.75, 3.05) is 13.6 Å². The maximum absolute atomic E-state index is 14.6. The summed E-state index contributed by atoms with van der Waals surface area (Å²) in [7, 11) is 2.10. The van der Waals surface area contributed by atoms with Crippen LogP contribution in [0.15, 0.2) is 48.5 Å². The number of halogens is 1. The first-order chi connectivity index (χ1) is 14.0. The van der Waals surface area contributed by atoms with Crippen molar-refractivity contribution in [2.24, 2.45) is 0 Å². The van der Waals surface area contributed by atoms with Gasteiger partial charge < -0.3 is 10.1 Å². The minimum Gasteiger partial charge on any atom is -0.489 e. The van der Waals surface area contributed by atoms with E-state index in [-0.39, 0.29) is 24.4 Å². The SMILES string of the molecule is CC(CNC(=O)c1sc2cccc(F)c2c1COc1ccccc1)N(C)C1CC1. The van der Waals surface area contributed by atoms with Crippen molar-refractivity contribution in [2.45, 2.75) is 38.5 Å². The monoisotopic (exact) mass is 412 g/mol. The summed E-state index contributed by atoms with van der Waals surface area (Å²) in [6.07, 6.45) is 2.46. The molecule has 6 heteroatoms. The summed E-state index contributed by atoms with van der Waals surface area (Å²) in [5.74, 6) is 0.189. The van der Waals surface area contributed by atoms with E-state index in [1.54, 1.807) is 6.07 Å². The highest BCUT2D eigenvalue weighted by Gasteiger charge is 2.29. The Labute approximate surface area is 174 Å². The summed E-state index contributed by atoms with van der Waals surface area (Å²) in [5, 5.41) is 3.51. The predicted octanol–water partition coefficient (Wildman–Crippen LogP) is 4.83. The van der Waals surface area contributed by atoms with Gasteiger partial charge in [-0.2, -0.15) is 0 Å². The molecule has 1 amide bonds. The largest absolute Gasteiger partial charge is 0.489 e. The second-order valence-corrected chi connectivity index (χ2v) is 8.63. The van der Waals surface area contributed by atoms with Crippen LogP contribution in [-0.4, -0.2) is 36.5 Å². The molecule has 3 aromatic rings. The zero-order chi connectivity index (χ0) is 20.4. The maximum atomic E-state index is 14.6. The molecular weight excluding hydrogens is 387 g/mol. The molecule has 152 valence electrons. The Morgan fingerprint density at radius 1 is 1.24 bits per heavy atom. The van der Waals surface area contributed by atoms with Crippen molar-refractivity contribution in [3.8, 4) is 5.75 Å². The van der Waals surface area contributed by atoms with Gasteiger partial charge in [0.2, 0.25) is 0 Å². The van der Waals surface area contributed by atoms with E-state index in [0.717, 1.165) is 4.70 Å². The standard InChI is InChI=1S/C23H25FN2O2S/c1-15(26(2)16-11-12-16)13-25-23(27)22-18(14-28-17-7-4-3-5-8-17)21-19(24)9-6-10-20(21)29-22/h3-10,15-16H,11-14H2,1-2H3,(H,25,27). The predicted molar refractivity (Wildman–Crippen MR) is 115 cm³/mol. The van der Waals surface area contributed by atoms with E-state index in [0.29, 0.717) is 34.2 Å². The molecule has 0 radical (unpaired) electrons. The van der Waals surface area contributed by atoms with Gasteiger partial charge in [0, 0.05) is 34.3 Å². The lowest BCUT2D eigenvalue weighted by Gasteiger charge is -2.24. The van der Waals surface area contributed by atoms with Gasteiger partial charge in [0.1, 0.15) is 18.2 Å². The van der Waals surface area contributed by atoms with Crippen molar-refractivity contribution in [3.63, 3.8) is 0 Å². The second-order valence-electron chi connectivity index (χ2n) is 7.58. The molecule has 29 heavy (non-hydrogen) atoms. The molecule has 4 nitrogen and oxygen atoms in total. The fraction of sp³-hybridized carbons (Fsp3) is 0.348. The number of thiophene rings is 1. The summed E-state index contributed by atoms with van der Waals surface area (Å²) in [5.41, 5.74) is 0.604. The first-order valence-electron chi connectivity index (χ1n) is 9.92. The Kier molecular flexibility index (Phi) is 5.83. The van der Waals surface area contributed by atoms with Gasteiger partial charge in [-0.25, -0.2) is 4.39 Å². The molecule has 1 N–H and O–H groups in total. The van der Waals surface area contributed by atoms with E-state index >= 15 is 0 Å². The summed E-state index contributed by atoms with van der Waals surface area (Å²) in [4.78, 5) is 15.8. The maximum Gasteiger partial charge on any atom is 0.261 e. The number of rotatable bonds is 8. The number of carbonyl (C=O) groups is 1. The minimum absolute atomic E-state index is 0.144. The van der Waals surface area contributed by atoms with Crippen LogP contribution in [0.2, 0.25) is 0 Å². The van der Waals surface area contributed by atoms with Crippen LogP contribution in [-0.2, 0) is 6.61 Å². The van der Waals surface area contributed by atoms with Gasteiger partial charge in [-0.3, -0.25) is 9.69 Å². The zero-order valence-corrected chi connectivity index (χ0v) is 17.5. The van der Waals surface area contributed by atoms with Gasteiger partial charge in [-0.15, -0.1) is 11.3 Å². The van der Waals surface area contributed by atoms with Crippen LogP contribution in [0.5, 0.6) is 5.75 Å². The van der Waals surface area contributed by atoms with E-state index in [1.165, 1.54) is 30.2 Å². The topological polar surface area (TPSA) is 41.6 Å². The quantitative estimate of drug-likeness (QED) is 0.576. The molecule has 1 saturated carbocycles. The second kappa shape index (κ2) is 8.51. The van der Waals surface area contributed by atoms with E-state index in [9.17, 15) is 9.18 Å². The van der Waals surface area contributed by atoms with E-state index in [2.05, 4.69) is 24.2 Å². The minimum atomic E-state index is -0.328. The number of benzene rings is 2. The Morgan fingerprint density at radius 3 is 2.72 bits per heavy atom. The number of para-hydroxylation sites is 1. The molecule has 1 aromatic heterocycles. The summed E-state index contributed by atoms with van der Waals surface area (Å²) >= 11 is 1.31. The van der Waals surface area contributed by atoms with Crippen LogP contribution < -0.4 is 10.1 Å². The number of hydrogen-bond acceptors (Lipinski definition) is 4. The normalized spacial score (nSPS) is 14.9.